The number of fused-ring (bicyclic) bond motifs is 1. The summed E-state index contributed by atoms with van der Waals surface area (Å²) >= 11 is 0. The van der Waals surface area contributed by atoms with Crippen molar-refractivity contribution in [1.29, 1.82) is 0 Å². The van der Waals surface area contributed by atoms with Gasteiger partial charge in [0.05, 0.1) is 11.1 Å². The molecule has 0 saturated heterocycles. The summed E-state index contributed by atoms with van der Waals surface area (Å²) in [7, 11) is 0. The van der Waals surface area contributed by atoms with Crippen LogP contribution in [0.4, 0.5) is 0 Å². The van der Waals surface area contributed by atoms with Gasteiger partial charge in [-0.15, -0.1) is 0 Å². The van der Waals surface area contributed by atoms with Crippen LogP contribution in [0.5, 0.6) is 0 Å². The molecule has 4 nitrogen and oxygen atoms in total. The Bertz CT molecular complexity index is 538. The van der Waals surface area contributed by atoms with E-state index in [2.05, 4.69) is 13.8 Å². The molecule has 1 N–H and O–H groups in total. The van der Waals surface area contributed by atoms with E-state index in [1.165, 1.54) is 0 Å². The third-order valence-corrected chi connectivity index (χ3v) is 4.52. The zero-order valence-corrected chi connectivity index (χ0v) is 11.4. The molecule has 3 rings (SSSR count). The molecule has 1 aliphatic heterocycles. The minimum Gasteiger partial charge on any atom is -0.428 e. The summed E-state index contributed by atoms with van der Waals surface area (Å²) in [4.78, 5) is 24.2. The number of allylic oxidation sites excluding steroid dienone is 1. The summed E-state index contributed by atoms with van der Waals surface area (Å²) < 4.78 is 4.76. The molecule has 1 fully saturated rings. The maximum atomic E-state index is 12.5. The van der Waals surface area contributed by atoms with Crippen LogP contribution >= 0.6 is 0 Å². The summed E-state index contributed by atoms with van der Waals surface area (Å²) in [6.07, 6.45) is 2.22. The average molecular weight is 262 g/mol. The van der Waals surface area contributed by atoms with Gasteiger partial charge in [0.15, 0.2) is 5.78 Å². The number of hydrogen-bond acceptors (Lipinski definition) is 4. The SMILES string of the molecule is CC1C(=O)C2=C(C=C3CC(C)(C)CC31)C(=O)OC2O. The fourth-order valence-electron chi connectivity index (χ4n) is 3.61. The second-order valence-corrected chi connectivity index (χ2v) is 6.61. The second-order valence-electron chi connectivity index (χ2n) is 6.61. The van der Waals surface area contributed by atoms with E-state index in [1.54, 1.807) is 6.08 Å². The highest BCUT2D eigenvalue weighted by atomic mass is 16.6. The Morgan fingerprint density at radius 3 is 2.74 bits per heavy atom. The first-order valence-corrected chi connectivity index (χ1v) is 6.68. The van der Waals surface area contributed by atoms with Crippen LogP contribution in [-0.2, 0) is 14.3 Å². The molecule has 0 spiro atoms. The molecule has 1 saturated carbocycles. The highest BCUT2D eigenvalue weighted by molar-refractivity contribution is 6.10. The third-order valence-electron chi connectivity index (χ3n) is 4.52. The topological polar surface area (TPSA) is 63.6 Å². The number of carbonyl (C=O) groups excluding carboxylic acids is 2. The Kier molecular flexibility index (Phi) is 2.52. The number of ketones is 1. The van der Waals surface area contributed by atoms with Crippen molar-refractivity contribution < 1.29 is 19.4 Å². The van der Waals surface area contributed by atoms with Crippen molar-refractivity contribution in [3.63, 3.8) is 0 Å². The van der Waals surface area contributed by atoms with E-state index in [0.29, 0.717) is 0 Å². The van der Waals surface area contributed by atoms with Gasteiger partial charge in [-0.2, -0.15) is 0 Å². The van der Waals surface area contributed by atoms with Crippen molar-refractivity contribution in [2.75, 3.05) is 0 Å². The number of cyclic esters (lactones) is 1. The van der Waals surface area contributed by atoms with Crippen LogP contribution in [0.1, 0.15) is 33.6 Å². The lowest BCUT2D eigenvalue weighted by Crippen LogP contribution is -2.26. The molecule has 3 unspecified atom stereocenters. The standard InChI is InChI=1S/C15H18O4/c1-7-10-6-15(2,3)5-8(10)4-9-11(12(7)16)14(18)19-13(9)17/h4,7,10,14,18H,5-6H2,1-3H3. The molecule has 19 heavy (non-hydrogen) atoms. The van der Waals surface area contributed by atoms with Gasteiger partial charge < -0.3 is 9.84 Å². The minimum atomic E-state index is -1.39. The molecule has 0 bridgehead atoms. The molecule has 0 radical (unpaired) electrons. The minimum absolute atomic E-state index is 0.150. The molecule has 0 amide bonds. The Labute approximate surface area is 112 Å². The van der Waals surface area contributed by atoms with Gasteiger partial charge in [-0.05, 0) is 30.3 Å². The highest BCUT2D eigenvalue weighted by Gasteiger charge is 2.47. The molecular weight excluding hydrogens is 244 g/mol. The van der Waals surface area contributed by atoms with Crippen molar-refractivity contribution >= 4 is 11.8 Å². The number of hydrogen-bond donors (Lipinski definition) is 1. The highest BCUT2D eigenvalue weighted by Crippen LogP contribution is 2.50. The van der Waals surface area contributed by atoms with E-state index in [4.69, 9.17) is 4.74 Å². The van der Waals surface area contributed by atoms with Crippen molar-refractivity contribution in [3.8, 4) is 0 Å². The number of Topliss-reactive ketones (excluding diaryl/α,β-unsaturated/α-hetero) is 1. The van der Waals surface area contributed by atoms with Gasteiger partial charge in [0.1, 0.15) is 0 Å². The summed E-state index contributed by atoms with van der Waals surface area (Å²) in [5.74, 6) is -0.763. The summed E-state index contributed by atoms with van der Waals surface area (Å²) in [5.41, 5.74) is 1.71. The first-order chi connectivity index (χ1) is 8.80. The predicted octanol–water partition coefficient (Wildman–Crippen LogP) is 1.74. The monoisotopic (exact) mass is 262 g/mol. The van der Waals surface area contributed by atoms with Gasteiger partial charge in [-0.25, -0.2) is 4.79 Å². The number of esters is 1. The van der Waals surface area contributed by atoms with E-state index >= 15 is 0 Å². The predicted molar refractivity (Wildman–Crippen MR) is 67.9 cm³/mol. The maximum Gasteiger partial charge on any atom is 0.341 e. The lowest BCUT2D eigenvalue weighted by Gasteiger charge is -2.21. The van der Waals surface area contributed by atoms with Gasteiger partial charge >= 0.3 is 5.97 Å². The summed E-state index contributed by atoms with van der Waals surface area (Å²) in [6.45, 7) is 6.24. The van der Waals surface area contributed by atoms with E-state index in [9.17, 15) is 14.7 Å². The van der Waals surface area contributed by atoms with Crippen LogP contribution in [0.3, 0.4) is 0 Å². The first kappa shape index (κ1) is 12.6. The lowest BCUT2D eigenvalue weighted by atomic mass is 9.82. The van der Waals surface area contributed by atoms with Gasteiger partial charge in [0.2, 0.25) is 6.29 Å². The van der Waals surface area contributed by atoms with Crippen LogP contribution < -0.4 is 0 Å². The Morgan fingerprint density at radius 1 is 1.37 bits per heavy atom. The van der Waals surface area contributed by atoms with E-state index < -0.39 is 12.3 Å². The zero-order chi connectivity index (χ0) is 13.9. The quantitative estimate of drug-likeness (QED) is 0.675. The van der Waals surface area contributed by atoms with Gasteiger partial charge in [0, 0.05) is 5.92 Å². The lowest BCUT2D eigenvalue weighted by molar-refractivity contribution is -0.152. The molecule has 2 aliphatic carbocycles. The van der Waals surface area contributed by atoms with Crippen LogP contribution in [0.2, 0.25) is 0 Å². The van der Waals surface area contributed by atoms with Crippen molar-refractivity contribution in [2.45, 2.75) is 39.9 Å². The molecule has 3 aliphatic rings. The van der Waals surface area contributed by atoms with Crippen LogP contribution in [0.15, 0.2) is 22.8 Å². The van der Waals surface area contributed by atoms with E-state index in [-0.39, 0.29) is 34.2 Å². The van der Waals surface area contributed by atoms with Crippen LogP contribution in [-0.4, -0.2) is 23.1 Å². The molecule has 4 heteroatoms. The maximum absolute atomic E-state index is 12.5. The fourth-order valence-corrected chi connectivity index (χ4v) is 3.61. The fraction of sp³-hybridized carbons (Fsp3) is 0.600. The first-order valence-electron chi connectivity index (χ1n) is 6.68. The summed E-state index contributed by atoms with van der Waals surface area (Å²) in [5, 5.41) is 9.72. The molecular formula is C15H18O4. The van der Waals surface area contributed by atoms with Crippen molar-refractivity contribution in [1.82, 2.24) is 0 Å². The van der Waals surface area contributed by atoms with Crippen LogP contribution in [0.25, 0.3) is 0 Å². The molecule has 3 atom stereocenters. The largest absolute Gasteiger partial charge is 0.428 e. The molecule has 0 aromatic heterocycles. The Morgan fingerprint density at radius 2 is 2.05 bits per heavy atom. The molecule has 0 aromatic carbocycles. The molecule has 0 aromatic rings. The van der Waals surface area contributed by atoms with Gasteiger partial charge in [-0.1, -0.05) is 26.3 Å². The average Bonchev–Trinajstić information content (AvgIpc) is 2.72. The third kappa shape index (κ3) is 1.77. The second kappa shape index (κ2) is 3.79. The Balaban J connectivity index is 2.12. The summed E-state index contributed by atoms with van der Waals surface area (Å²) in [6, 6.07) is 0. The molecule has 102 valence electrons. The van der Waals surface area contributed by atoms with E-state index in [0.717, 1.165) is 18.4 Å². The van der Waals surface area contributed by atoms with Crippen molar-refractivity contribution in [2.24, 2.45) is 17.3 Å². The van der Waals surface area contributed by atoms with E-state index in [1.807, 2.05) is 6.92 Å². The number of ether oxygens (including phenoxy) is 1. The zero-order valence-electron chi connectivity index (χ0n) is 11.4. The van der Waals surface area contributed by atoms with Gasteiger partial charge in [0.25, 0.3) is 0 Å². The molecule has 1 heterocycles. The normalized spacial score (nSPS) is 36.6. The Hall–Kier alpha value is -1.42. The van der Waals surface area contributed by atoms with Crippen molar-refractivity contribution in [3.05, 3.63) is 22.8 Å². The van der Waals surface area contributed by atoms with Gasteiger partial charge in [-0.3, -0.25) is 4.79 Å². The number of aliphatic hydroxyl groups excluding tert-OH is 1. The smallest absolute Gasteiger partial charge is 0.341 e. The number of carbonyl (C=O) groups is 2. The number of aliphatic hydroxyl groups is 1. The van der Waals surface area contributed by atoms with Crippen LogP contribution in [0, 0.1) is 17.3 Å². The number of rotatable bonds is 0.